The number of nitrogens with one attached hydrogen (secondary N) is 2. The molecule has 3 amide bonds. The van der Waals surface area contributed by atoms with Gasteiger partial charge in [0.05, 0.1) is 0 Å². The third kappa shape index (κ3) is 7.75. The second kappa shape index (κ2) is 10.3. The molecule has 1 heterocycles. The molecule has 1 aromatic carbocycles. The zero-order valence-electron chi connectivity index (χ0n) is 17.9. The van der Waals surface area contributed by atoms with Gasteiger partial charge in [0.2, 0.25) is 5.91 Å². The van der Waals surface area contributed by atoms with Crippen LogP contribution in [0.15, 0.2) is 24.3 Å². The van der Waals surface area contributed by atoms with Crippen LogP contribution in [0.25, 0.3) is 0 Å². The molecular formula is C22H33N3O4. The molecule has 160 valence electrons. The summed E-state index contributed by atoms with van der Waals surface area (Å²) in [6.07, 6.45) is 1.43. The van der Waals surface area contributed by atoms with Gasteiger partial charge in [0.25, 0.3) is 5.91 Å². The van der Waals surface area contributed by atoms with Gasteiger partial charge in [-0.15, -0.1) is 0 Å². The highest BCUT2D eigenvalue weighted by Crippen LogP contribution is 2.19. The van der Waals surface area contributed by atoms with E-state index in [1.54, 1.807) is 20.8 Å². The maximum Gasteiger partial charge on any atom is 0.407 e. The number of rotatable bonds is 6. The van der Waals surface area contributed by atoms with Crippen molar-refractivity contribution >= 4 is 17.9 Å². The van der Waals surface area contributed by atoms with Crippen LogP contribution in [0.2, 0.25) is 0 Å². The van der Waals surface area contributed by atoms with Crippen LogP contribution in [0.4, 0.5) is 4.79 Å². The van der Waals surface area contributed by atoms with Gasteiger partial charge < -0.3 is 20.3 Å². The van der Waals surface area contributed by atoms with E-state index in [0.717, 1.165) is 24.0 Å². The van der Waals surface area contributed by atoms with E-state index in [1.165, 1.54) is 0 Å². The Morgan fingerprint density at radius 2 is 1.76 bits per heavy atom. The van der Waals surface area contributed by atoms with Crippen LogP contribution in [0, 0.1) is 12.8 Å². The fraction of sp³-hybridized carbons (Fsp3) is 0.591. The average molecular weight is 404 g/mol. The average Bonchev–Trinajstić information content (AvgIpc) is 2.65. The van der Waals surface area contributed by atoms with Crippen LogP contribution in [-0.4, -0.2) is 54.6 Å². The van der Waals surface area contributed by atoms with Crippen molar-refractivity contribution < 1.29 is 19.1 Å². The summed E-state index contributed by atoms with van der Waals surface area (Å²) in [5.74, 6) is 0.344. The molecule has 1 fully saturated rings. The fourth-order valence-electron chi connectivity index (χ4n) is 3.26. The van der Waals surface area contributed by atoms with Gasteiger partial charge in [0.1, 0.15) is 5.60 Å². The topological polar surface area (TPSA) is 87.7 Å². The summed E-state index contributed by atoms with van der Waals surface area (Å²) in [7, 11) is 0. The second-order valence-electron chi connectivity index (χ2n) is 8.53. The standard InChI is InChI=1S/C22H33N3O4/c1-16-7-5-6-8-18(16)20(27)25-13-10-17(11-14-25)15-24-19(26)9-12-23-21(28)29-22(2,3)4/h5-8,17H,9-15H2,1-4H3,(H,23,28)(H,24,26). The van der Waals surface area contributed by atoms with Crippen LogP contribution in [0.3, 0.4) is 0 Å². The lowest BCUT2D eigenvalue weighted by atomic mass is 9.95. The van der Waals surface area contributed by atoms with Crippen LogP contribution in [-0.2, 0) is 9.53 Å². The first-order valence-corrected chi connectivity index (χ1v) is 10.2. The number of hydrogen-bond acceptors (Lipinski definition) is 4. The molecule has 0 radical (unpaired) electrons. The molecule has 0 aromatic heterocycles. The highest BCUT2D eigenvalue weighted by atomic mass is 16.6. The molecule has 0 saturated carbocycles. The van der Waals surface area contributed by atoms with Crippen molar-refractivity contribution in [3.63, 3.8) is 0 Å². The predicted octanol–water partition coefficient (Wildman–Crippen LogP) is 2.88. The number of carbonyl (C=O) groups is 3. The maximum atomic E-state index is 12.7. The first-order chi connectivity index (χ1) is 13.7. The lowest BCUT2D eigenvalue weighted by Crippen LogP contribution is -2.42. The normalized spacial score (nSPS) is 15.0. The van der Waals surface area contributed by atoms with E-state index in [4.69, 9.17) is 4.74 Å². The number of aryl methyl sites for hydroxylation is 1. The van der Waals surface area contributed by atoms with Crippen molar-refractivity contribution in [2.45, 2.75) is 52.6 Å². The molecule has 0 atom stereocenters. The molecule has 29 heavy (non-hydrogen) atoms. The molecule has 1 aromatic rings. The second-order valence-corrected chi connectivity index (χ2v) is 8.53. The Bertz CT molecular complexity index is 719. The molecule has 7 heteroatoms. The summed E-state index contributed by atoms with van der Waals surface area (Å²) in [6.45, 7) is 9.56. The largest absolute Gasteiger partial charge is 0.444 e. The van der Waals surface area contributed by atoms with Crippen molar-refractivity contribution in [3.8, 4) is 0 Å². The van der Waals surface area contributed by atoms with E-state index >= 15 is 0 Å². The molecular weight excluding hydrogens is 370 g/mol. The minimum Gasteiger partial charge on any atom is -0.444 e. The number of amides is 3. The summed E-state index contributed by atoms with van der Waals surface area (Å²) in [6, 6.07) is 7.65. The van der Waals surface area contributed by atoms with E-state index < -0.39 is 11.7 Å². The molecule has 1 aliphatic rings. The quantitative estimate of drug-likeness (QED) is 0.765. The van der Waals surface area contributed by atoms with E-state index in [0.29, 0.717) is 25.6 Å². The third-order valence-corrected chi connectivity index (χ3v) is 4.89. The number of carbonyl (C=O) groups excluding carboxylic acids is 3. The van der Waals surface area contributed by atoms with Gasteiger partial charge in [-0.2, -0.15) is 0 Å². The number of alkyl carbamates (subject to hydrolysis) is 1. The first kappa shape index (κ1) is 22.7. The molecule has 7 nitrogen and oxygen atoms in total. The maximum absolute atomic E-state index is 12.7. The van der Waals surface area contributed by atoms with Gasteiger partial charge in [-0.25, -0.2) is 4.79 Å². The van der Waals surface area contributed by atoms with Crippen LogP contribution >= 0.6 is 0 Å². The van der Waals surface area contributed by atoms with Crippen molar-refractivity contribution in [3.05, 3.63) is 35.4 Å². The lowest BCUT2D eigenvalue weighted by Gasteiger charge is -2.32. The number of benzene rings is 1. The fourth-order valence-corrected chi connectivity index (χ4v) is 3.26. The van der Waals surface area contributed by atoms with Gasteiger partial charge in [-0.1, -0.05) is 18.2 Å². The Hall–Kier alpha value is -2.57. The highest BCUT2D eigenvalue weighted by molar-refractivity contribution is 5.95. The van der Waals surface area contributed by atoms with Crippen molar-refractivity contribution in [1.29, 1.82) is 0 Å². The number of likely N-dealkylation sites (tertiary alicyclic amines) is 1. The number of hydrogen-bond donors (Lipinski definition) is 2. The third-order valence-electron chi connectivity index (χ3n) is 4.89. The first-order valence-electron chi connectivity index (χ1n) is 10.2. The van der Waals surface area contributed by atoms with E-state index in [9.17, 15) is 14.4 Å². The lowest BCUT2D eigenvalue weighted by molar-refractivity contribution is -0.121. The SMILES string of the molecule is Cc1ccccc1C(=O)N1CCC(CNC(=O)CCNC(=O)OC(C)(C)C)CC1. The molecule has 0 unspecified atom stereocenters. The van der Waals surface area contributed by atoms with E-state index in [2.05, 4.69) is 10.6 Å². The number of ether oxygens (including phenoxy) is 1. The Morgan fingerprint density at radius 1 is 1.10 bits per heavy atom. The summed E-state index contributed by atoms with van der Waals surface area (Å²) < 4.78 is 5.13. The molecule has 0 bridgehead atoms. The summed E-state index contributed by atoms with van der Waals surface area (Å²) in [4.78, 5) is 38.1. The van der Waals surface area contributed by atoms with Crippen molar-refractivity contribution in [2.24, 2.45) is 5.92 Å². The molecule has 2 N–H and O–H groups in total. The summed E-state index contributed by atoms with van der Waals surface area (Å²) >= 11 is 0. The Kier molecular flexibility index (Phi) is 8.05. The summed E-state index contributed by atoms with van der Waals surface area (Å²) in [5.41, 5.74) is 1.20. The smallest absolute Gasteiger partial charge is 0.407 e. The molecule has 2 rings (SSSR count). The zero-order valence-corrected chi connectivity index (χ0v) is 17.9. The number of piperidine rings is 1. The Labute approximate surface area is 173 Å². The zero-order chi connectivity index (χ0) is 21.4. The van der Waals surface area contributed by atoms with Crippen LogP contribution in [0.5, 0.6) is 0 Å². The van der Waals surface area contributed by atoms with Crippen molar-refractivity contribution in [2.75, 3.05) is 26.2 Å². The van der Waals surface area contributed by atoms with E-state index in [1.807, 2.05) is 36.1 Å². The minimum absolute atomic E-state index is 0.0822. The van der Waals surface area contributed by atoms with Gasteiger partial charge in [-0.05, 0) is 58.1 Å². The van der Waals surface area contributed by atoms with Gasteiger partial charge in [0.15, 0.2) is 0 Å². The Morgan fingerprint density at radius 3 is 2.38 bits per heavy atom. The minimum atomic E-state index is -0.554. The monoisotopic (exact) mass is 403 g/mol. The van der Waals surface area contributed by atoms with Gasteiger partial charge in [0, 0.05) is 38.2 Å². The predicted molar refractivity (Wildman–Crippen MR) is 112 cm³/mol. The molecule has 1 aliphatic heterocycles. The van der Waals surface area contributed by atoms with Crippen LogP contribution in [0.1, 0.15) is 56.0 Å². The van der Waals surface area contributed by atoms with Gasteiger partial charge in [-0.3, -0.25) is 9.59 Å². The molecule has 0 aliphatic carbocycles. The van der Waals surface area contributed by atoms with Crippen LogP contribution < -0.4 is 10.6 Å². The van der Waals surface area contributed by atoms with E-state index in [-0.39, 0.29) is 24.8 Å². The molecule has 1 saturated heterocycles. The highest BCUT2D eigenvalue weighted by Gasteiger charge is 2.24. The number of nitrogens with zero attached hydrogens (tertiary/aromatic N) is 1. The molecule has 0 spiro atoms. The van der Waals surface area contributed by atoms with Crippen molar-refractivity contribution in [1.82, 2.24) is 15.5 Å². The summed E-state index contributed by atoms with van der Waals surface area (Å²) in [5, 5.41) is 5.50. The Balaban J connectivity index is 1.64. The van der Waals surface area contributed by atoms with Gasteiger partial charge >= 0.3 is 6.09 Å².